The molecule has 0 atom stereocenters. The van der Waals surface area contributed by atoms with E-state index in [4.69, 9.17) is 0 Å². The Morgan fingerprint density at radius 1 is 1.25 bits per heavy atom. The minimum absolute atomic E-state index is 0.494. The molecule has 0 radical (unpaired) electrons. The van der Waals surface area contributed by atoms with Crippen LogP contribution in [-0.2, 0) is 0 Å². The van der Waals surface area contributed by atoms with Gasteiger partial charge in [-0.05, 0) is 11.7 Å². The van der Waals surface area contributed by atoms with Crippen molar-refractivity contribution in [2.24, 2.45) is 5.41 Å². The van der Waals surface area contributed by atoms with Gasteiger partial charge in [-0.3, -0.25) is 0 Å². The van der Waals surface area contributed by atoms with Crippen LogP contribution in [0.3, 0.4) is 0 Å². The predicted molar refractivity (Wildman–Crippen MR) is 45.4 cm³/mol. The third-order valence-corrected chi connectivity index (χ3v) is 2.89. The van der Waals surface area contributed by atoms with E-state index in [1.54, 1.807) is 0 Å². The summed E-state index contributed by atoms with van der Waals surface area (Å²) in [6.07, 6.45) is 2.12. The molecule has 2 heteroatoms. The van der Waals surface area contributed by atoms with Gasteiger partial charge >= 0.3 is 0 Å². The standard InChI is InChI=1S/C6H14S2/c1-6(2,3)5-8-7-4/h5H2,1-4H3. The summed E-state index contributed by atoms with van der Waals surface area (Å²) in [4.78, 5) is 0. The second-order valence-corrected chi connectivity index (χ2v) is 5.55. The zero-order valence-electron chi connectivity index (χ0n) is 6.02. The summed E-state index contributed by atoms with van der Waals surface area (Å²) in [6, 6.07) is 0. The molecular formula is C6H14S2. The molecule has 0 aliphatic carbocycles. The van der Waals surface area contributed by atoms with Crippen molar-refractivity contribution in [3.05, 3.63) is 0 Å². The first-order valence-corrected chi connectivity index (χ1v) is 5.44. The fourth-order valence-corrected chi connectivity index (χ4v) is 2.12. The van der Waals surface area contributed by atoms with Gasteiger partial charge in [0.1, 0.15) is 0 Å². The fourth-order valence-electron chi connectivity index (χ4n) is 0.236. The van der Waals surface area contributed by atoms with Crippen molar-refractivity contribution in [2.45, 2.75) is 20.8 Å². The van der Waals surface area contributed by atoms with Crippen LogP contribution in [0.1, 0.15) is 20.8 Å². The summed E-state index contributed by atoms with van der Waals surface area (Å²) in [5, 5.41) is 0. The van der Waals surface area contributed by atoms with Crippen LogP contribution in [0.25, 0.3) is 0 Å². The lowest BCUT2D eigenvalue weighted by atomic mass is 10.0. The Balaban J connectivity index is 3.11. The normalized spacial score (nSPS) is 12.0. The van der Waals surface area contributed by atoms with E-state index >= 15 is 0 Å². The summed E-state index contributed by atoms with van der Waals surface area (Å²) < 4.78 is 0. The lowest BCUT2D eigenvalue weighted by Crippen LogP contribution is -2.06. The number of hydrogen-bond acceptors (Lipinski definition) is 2. The first-order valence-electron chi connectivity index (χ1n) is 2.72. The van der Waals surface area contributed by atoms with Crippen LogP contribution in [0.2, 0.25) is 0 Å². The summed E-state index contributed by atoms with van der Waals surface area (Å²) >= 11 is 0. The van der Waals surface area contributed by atoms with E-state index in [1.807, 2.05) is 21.6 Å². The average molecular weight is 150 g/mol. The average Bonchev–Trinajstić information content (AvgIpc) is 1.59. The molecule has 0 fully saturated rings. The van der Waals surface area contributed by atoms with Crippen molar-refractivity contribution in [1.82, 2.24) is 0 Å². The highest BCUT2D eigenvalue weighted by Gasteiger charge is 2.08. The lowest BCUT2D eigenvalue weighted by Gasteiger charge is -2.15. The molecule has 0 saturated carbocycles. The van der Waals surface area contributed by atoms with Crippen molar-refractivity contribution >= 4 is 21.6 Å². The molecule has 0 bridgehead atoms. The highest BCUT2D eigenvalue weighted by atomic mass is 33.1. The molecule has 0 rings (SSSR count). The quantitative estimate of drug-likeness (QED) is 0.555. The van der Waals surface area contributed by atoms with Crippen LogP contribution in [0, 0.1) is 5.41 Å². The second-order valence-electron chi connectivity index (χ2n) is 2.99. The number of hydrogen-bond donors (Lipinski definition) is 0. The molecule has 0 unspecified atom stereocenters. The Bertz CT molecular complexity index is 54.0. The van der Waals surface area contributed by atoms with E-state index in [0.717, 1.165) is 0 Å². The summed E-state index contributed by atoms with van der Waals surface area (Å²) in [5.74, 6) is 1.24. The SMILES string of the molecule is CSSCC(C)(C)C. The minimum atomic E-state index is 0.494. The maximum atomic E-state index is 2.26. The van der Waals surface area contributed by atoms with Crippen molar-refractivity contribution < 1.29 is 0 Å². The van der Waals surface area contributed by atoms with Crippen LogP contribution in [-0.4, -0.2) is 12.0 Å². The van der Waals surface area contributed by atoms with Gasteiger partial charge in [-0.25, -0.2) is 0 Å². The van der Waals surface area contributed by atoms with Crippen molar-refractivity contribution in [2.75, 3.05) is 12.0 Å². The van der Waals surface area contributed by atoms with Gasteiger partial charge in [0.15, 0.2) is 0 Å². The van der Waals surface area contributed by atoms with Gasteiger partial charge < -0.3 is 0 Å². The largest absolute Gasteiger partial charge is 0.0976 e. The Hall–Kier alpha value is 0.700. The van der Waals surface area contributed by atoms with Crippen molar-refractivity contribution in [3.8, 4) is 0 Å². The molecule has 0 nitrogen and oxygen atoms in total. The Kier molecular flexibility index (Phi) is 4.00. The minimum Gasteiger partial charge on any atom is -0.0976 e. The molecule has 0 aromatic carbocycles. The van der Waals surface area contributed by atoms with Gasteiger partial charge in [0, 0.05) is 5.75 Å². The van der Waals surface area contributed by atoms with Gasteiger partial charge in [0.2, 0.25) is 0 Å². The zero-order valence-corrected chi connectivity index (χ0v) is 7.66. The second kappa shape index (κ2) is 3.67. The molecule has 0 heterocycles. The van der Waals surface area contributed by atoms with Crippen LogP contribution in [0.15, 0.2) is 0 Å². The molecule has 0 saturated heterocycles. The van der Waals surface area contributed by atoms with Crippen LogP contribution in [0.4, 0.5) is 0 Å². The molecule has 0 spiro atoms. The Morgan fingerprint density at radius 3 is 1.88 bits per heavy atom. The zero-order chi connectivity index (χ0) is 6.62. The fraction of sp³-hybridized carbons (Fsp3) is 1.00. The maximum absolute atomic E-state index is 2.26. The third-order valence-electron chi connectivity index (χ3n) is 0.610. The molecule has 0 N–H and O–H groups in total. The third kappa shape index (κ3) is 6.70. The van der Waals surface area contributed by atoms with Crippen LogP contribution in [0.5, 0.6) is 0 Å². The van der Waals surface area contributed by atoms with E-state index in [9.17, 15) is 0 Å². The van der Waals surface area contributed by atoms with Gasteiger partial charge in [-0.1, -0.05) is 42.4 Å². The number of rotatable bonds is 2. The Labute approximate surface area is 60.2 Å². The molecule has 0 amide bonds. The van der Waals surface area contributed by atoms with Crippen molar-refractivity contribution in [1.29, 1.82) is 0 Å². The van der Waals surface area contributed by atoms with Crippen LogP contribution >= 0.6 is 21.6 Å². The monoisotopic (exact) mass is 150 g/mol. The first kappa shape index (κ1) is 8.70. The predicted octanol–water partition coefficient (Wildman–Crippen LogP) is 3.04. The summed E-state index contributed by atoms with van der Waals surface area (Å²) in [6.45, 7) is 6.78. The van der Waals surface area contributed by atoms with E-state index < -0.39 is 0 Å². The smallest absolute Gasteiger partial charge is 0.00856 e. The van der Waals surface area contributed by atoms with Crippen molar-refractivity contribution in [3.63, 3.8) is 0 Å². The highest BCUT2D eigenvalue weighted by molar-refractivity contribution is 8.76. The topological polar surface area (TPSA) is 0 Å². The Morgan fingerprint density at radius 2 is 1.75 bits per heavy atom. The summed E-state index contributed by atoms with van der Waals surface area (Å²) in [7, 11) is 3.78. The van der Waals surface area contributed by atoms with Gasteiger partial charge in [0.05, 0.1) is 0 Å². The highest BCUT2D eigenvalue weighted by Crippen LogP contribution is 2.26. The van der Waals surface area contributed by atoms with E-state index in [0.29, 0.717) is 5.41 Å². The van der Waals surface area contributed by atoms with E-state index in [1.165, 1.54) is 5.75 Å². The molecule has 0 aliphatic rings. The molecule has 0 aliphatic heterocycles. The molecule has 0 aromatic heterocycles. The van der Waals surface area contributed by atoms with Crippen LogP contribution < -0.4 is 0 Å². The first-order chi connectivity index (χ1) is 3.56. The van der Waals surface area contributed by atoms with E-state index in [-0.39, 0.29) is 0 Å². The molecule has 8 heavy (non-hydrogen) atoms. The molecule has 0 aromatic rings. The lowest BCUT2D eigenvalue weighted by molar-refractivity contribution is 0.482. The van der Waals surface area contributed by atoms with Gasteiger partial charge in [-0.2, -0.15) is 0 Å². The van der Waals surface area contributed by atoms with Gasteiger partial charge in [-0.15, -0.1) is 0 Å². The molecular weight excluding hydrogens is 136 g/mol. The molecule has 50 valence electrons. The summed E-state index contributed by atoms with van der Waals surface area (Å²) in [5.41, 5.74) is 0.494. The maximum Gasteiger partial charge on any atom is 0.00856 e. The van der Waals surface area contributed by atoms with Gasteiger partial charge in [0.25, 0.3) is 0 Å². The van der Waals surface area contributed by atoms with E-state index in [2.05, 4.69) is 27.0 Å².